The SMILES string of the molecule is CCOc1cc([C@@H](CS(C)(=O)=O)Nc2ccc(C(F)(F)CC)cc2[N+](=O)[O-])ccc1OC. The zero-order valence-electron chi connectivity index (χ0n) is 18.2. The van der Waals surface area contributed by atoms with E-state index in [2.05, 4.69) is 5.32 Å². The van der Waals surface area contributed by atoms with Crippen LogP contribution in [0.5, 0.6) is 11.5 Å². The number of sulfone groups is 1. The van der Waals surface area contributed by atoms with E-state index in [4.69, 9.17) is 9.47 Å². The molecule has 0 aliphatic carbocycles. The molecule has 0 heterocycles. The summed E-state index contributed by atoms with van der Waals surface area (Å²) in [5, 5.41) is 14.4. The maximum absolute atomic E-state index is 14.1. The largest absolute Gasteiger partial charge is 0.493 e. The van der Waals surface area contributed by atoms with Crippen LogP contribution in [0.25, 0.3) is 0 Å². The molecule has 0 unspecified atom stereocenters. The average Bonchev–Trinajstić information content (AvgIpc) is 2.72. The van der Waals surface area contributed by atoms with Gasteiger partial charge in [-0.2, -0.15) is 0 Å². The van der Waals surface area contributed by atoms with Crippen molar-refractivity contribution in [3.8, 4) is 11.5 Å². The Kier molecular flexibility index (Phi) is 8.00. The Morgan fingerprint density at radius 1 is 1.16 bits per heavy atom. The molecule has 0 amide bonds. The highest BCUT2D eigenvalue weighted by atomic mass is 32.2. The Morgan fingerprint density at radius 2 is 1.84 bits per heavy atom. The topological polar surface area (TPSA) is 108 Å². The molecule has 1 N–H and O–H groups in total. The van der Waals surface area contributed by atoms with Gasteiger partial charge in [-0.3, -0.25) is 10.1 Å². The summed E-state index contributed by atoms with van der Waals surface area (Å²) in [4.78, 5) is 10.8. The number of nitrogens with zero attached hydrogens (tertiary/aromatic N) is 1. The Bertz CT molecular complexity index is 1080. The summed E-state index contributed by atoms with van der Waals surface area (Å²) >= 11 is 0. The van der Waals surface area contributed by atoms with Gasteiger partial charge in [0.2, 0.25) is 0 Å². The third-order valence-corrected chi connectivity index (χ3v) is 5.69. The lowest BCUT2D eigenvalue weighted by atomic mass is 10.0. The van der Waals surface area contributed by atoms with Crippen LogP contribution in [0.3, 0.4) is 0 Å². The van der Waals surface area contributed by atoms with Gasteiger partial charge >= 0.3 is 0 Å². The smallest absolute Gasteiger partial charge is 0.292 e. The minimum Gasteiger partial charge on any atom is -0.493 e. The Labute approximate surface area is 185 Å². The Morgan fingerprint density at radius 3 is 2.38 bits per heavy atom. The van der Waals surface area contributed by atoms with E-state index in [1.807, 2.05) is 0 Å². The molecule has 11 heteroatoms. The van der Waals surface area contributed by atoms with Gasteiger partial charge in [-0.15, -0.1) is 0 Å². The van der Waals surface area contributed by atoms with Crippen LogP contribution in [0.1, 0.15) is 37.4 Å². The Balaban J connectivity index is 2.54. The number of methoxy groups -OCH3 is 1. The summed E-state index contributed by atoms with van der Waals surface area (Å²) in [7, 11) is -2.07. The number of halogens is 2. The number of ether oxygens (including phenoxy) is 2. The lowest BCUT2D eigenvalue weighted by Gasteiger charge is -2.22. The van der Waals surface area contributed by atoms with Crippen molar-refractivity contribution in [2.75, 3.05) is 31.0 Å². The van der Waals surface area contributed by atoms with E-state index >= 15 is 0 Å². The number of nitro benzene ring substituents is 1. The van der Waals surface area contributed by atoms with Gasteiger partial charge in [-0.25, -0.2) is 17.2 Å². The number of hydrogen-bond acceptors (Lipinski definition) is 7. The van der Waals surface area contributed by atoms with Gasteiger partial charge in [-0.05, 0) is 30.7 Å². The molecule has 32 heavy (non-hydrogen) atoms. The van der Waals surface area contributed by atoms with Crippen LogP contribution >= 0.6 is 0 Å². The standard InChI is InChI=1S/C21H26F2N2O6S/c1-5-21(22,23)15-8-9-16(18(12-15)25(26)27)24-17(13-32(4,28)29)14-7-10-19(30-3)20(11-14)31-6-2/h7-12,17,24H,5-6,13H2,1-4H3/t17-/m1/s1. The second-order valence-electron chi connectivity index (χ2n) is 7.18. The predicted molar refractivity (Wildman–Crippen MR) is 118 cm³/mol. The van der Waals surface area contributed by atoms with Crippen molar-refractivity contribution in [2.45, 2.75) is 32.2 Å². The molecule has 0 aliphatic heterocycles. The van der Waals surface area contributed by atoms with Gasteiger partial charge in [0.25, 0.3) is 11.6 Å². The van der Waals surface area contributed by atoms with Crippen molar-refractivity contribution in [1.82, 2.24) is 0 Å². The molecule has 0 spiro atoms. The monoisotopic (exact) mass is 472 g/mol. The first-order valence-corrected chi connectivity index (χ1v) is 11.9. The van der Waals surface area contributed by atoms with Gasteiger partial charge < -0.3 is 14.8 Å². The van der Waals surface area contributed by atoms with Crippen LogP contribution in [0, 0.1) is 10.1 Å². The number of hydrogen-bond donors (Lipinski definition) is 1. The van der Waals surface area contributed by atoms with Gasteiger partial charge in [0.1, 0.15) is 15.5 Å². The molecule has 0 saturated carbocycles. The molecule has 2 rings (SSSR count). The van der Waals surface area contributed by atoms with Crippen molar-refractivity contribution in [1.29, 1.82) is 0 Å². The van der Waals surface area contributed by atoms with Gasteiger partial charge in [0.05, 0.1) is 30.4 Å². The predicted octanol–water partition coefficient (Wildman–Crippen LogP) is 4.70. The number of alkyl halides is 2. The van der Waals surface area contributed by atoms with Crippen LogP contribution in [0.4, 0.5) is 20.2 Å². The molecule has 176 valence electrons. The van der Waals surface area contributed by atoms with Gasteiger partial charge in [0.15, 0.2) is 11.5 Å². The van der Waals surface area contributed by atoms with Crippen LogP contribution in [-0.2, 0) is 15.8 Å². The van der Waals surface area contributed by atoms with Crippen molar-refractivity contribution >= 4 is 21.2 Å². The zero-order valence-corrected chi connectivity index (χ0v) is 19.0. The summed E-state index contributed by atoms with van der Waals surface area (Å²) in [6.45, 7) is 3.39. The van der Waals surface area contributed by atoms with E-state index < -0.39 is 50.1 Å². The van der Waals surface area contributed by atoms with Crippen molar-refractivity contribution in [3.63, 3.8) is 0 Å². The number of nitro groups is 1. The first-order valence-electron chi connectivity index (χ1n) is 9.83. The quantitative estimate of drug-likeness (QED) is 0.373. The number of nitrogens with one attached hydrogen (secondary N) is 1. The minimum atomic E-state index is -3.53. The van der Waals surface area contributed by atoms with Gasteiger partial charge in [-0.1, -0.05) is 19.1 Å². The molecule has 2 aromatic rings. The molecule has 0 aliphatic rings. The molecule has 0 aromatic heterocycles. The normalized spacial score (nSPS) is 12.8. The molecular weight excluding hydrogens is 446 g/mol. The third-order valence-electron chi connectivity index (χ3n) is 4.75. The highest BCUT2D eigenvalue weighted by Crippen LogP contribution is 2.38. The van der Waals surface area contributed by atoms with E-state index in [1.165, 1.54) is 20.1 Å². The number of benzene rings is 2. The summed E-state index contributed by atoms with van der Waals surface area (Å²) in [6, 6.07) is 6.94. The van der Waals surface area contributed by atoms with Crippen LogP contribution in [0.2, 0.25) is 0 Å². The second kappa shape index (κ2) is 10.1. The molecule has 8 nitrogen and oxygen atoms in total. The molecule has 0 bridgehead atoms. The fourth-order valence-corrected chi connectivity index (χ4v) is 4.01. The lowest BCUT2D eigenvalue weighted by Crippen LogP contribution is -2.21. The average molecular weight is 473 g/mol. The number of rotatable bonds is 11. The molecule has 0 fully saturated rings. The third kappa shape index (κ3) is 6.28. The molecule has 0 saturated heterocycles. The fraction of sp³-hybridized carbons (Fsp3) is 0.429. The van der Waals surface area contributed by atoms with E-state index in [-0.39, 0.29) is 5.69 Å². The highest BCUT2D eigenvalue weighted by molar-refractivity contribution is 7.90. The van der Waals surface area contributed by atoms with Crippen molar-refractivity contribution in [2.24, 2.45) is 0 Å². The van der Waals surface area contributed by atoms with E-state index in [1.54, 1.807) is 25.1 Å². The maximum atomic E-state index is 14.1. The van der Waals surface area contributed by atoms with Crippen molar-refractivity contribution < 1.29 is 31.6 Å². The zero-order chi connectivity index (χ0) is 24.1. The fourth-order valence-electron chi connectivity index (χ4n) is 3.13. The molecule has 0 radical (unpaired) electrons. The van der Waals surface area contributed by atoms with Crippen LogP contribution in [0.15, 0.2) is 36.4 Å². The van der Waals surface area contributed by atoms with E-state index in [0.29, 0.717) is 23.7 Å². The summed E-state index contributed by atoms with van der Waals surface area (Å²) < 4.78 is 63.0. The molecular formula is C21H26F2N2O6S. The first-order chi connectivity index (χ1) is 14.9. The summed E-state index contributed by atoms with van der Waals surface area (Å²) in [5.41, 5.74) is -0.669. The van der Waals surface area contributed by atoms with Crippen LogP contribution in [-0.4, -0.2) is 39.1 Å². The molecule has 1 atom stereocenters. The first kappa shape index (κ1) is 25.3. The second-order valence-corrected chi connectivity index (χ2v) is 9.36. The number of anilines is 1. The van der Waals surface area contributed by atoms with Crippen LogP contribution < -0.4 is 14.8 Å². The van der Waals surface area contributed by atoms with Crippen molar-refractivity contribution in [3.05, 3.63) is 57.6 Å². The van der Waals surface area contributed by atoms with E-state index in [9.17, 15) is 27.3 Å². The lowest BCUT2D eigenvalue weighted by molar-refractivity contribution is -0.384. The maximum Gasteiger partial charge on any atom is 0.292 e. The molecule has 2 aromatic carbocycles. The summed E-state index contributed by atoms with van der Waals surface area (Å²) in [6.07, 6.45) is 0.521. The van der Waals surface area contributed by atoms with E-state index in [0.717, 1.165) is 18.4 Å². The highest BCUT2D eigenvalue weighted by Gasteiger charge is 2.32. The minimum absolute atomic E-state index is 0.0759. The van der Waals surface area contributed by atoms with Gasteiger partial charge in [0, 0.05) is 24.3 Å². The summed E-state index contributed by atoms with van der Waals surface area (Å²) in [5.74, 6) is -2.81. The Hall–Kier alpha value is -2.95.